The van der Waals surface area contributed by atoms with Gasteiger partial charge in [0, 0.05) is 11.1 Å². The molecule has 0 saturated heterocycles. The summed E-state index contributed by atoms with van der Waals surface area (Å²) in [6, 6.07) is 9.24. The van der Waals surface area contributed by atoms with Crippen LogP contribution in [0.3, 0.4) is 0 Å². The molecule has 0 saturated carbocycles. The lowest BCUT2D eigenvalue weighted by atomic mass is 10.2. The Labute approximate surface area is 133 Å². The Morgan fingerprint density at radius 1 is 1.33 bits per heavy atom. The van der Waals surface area contributed by atoms with Crippen molar-refractivity contribution in [1.82, 2.24) is 0 Å². The molecule has 0 spiro atoms. The molecule has 0 bridgehead atoms. The number of nitro groups is 1. The zero-order valence-electron chi connectivity index (χ0n) is 10.6. The van der Waals surface area contributed by atoms with Crippen molar-refractivity contribution in [2.24, 2.45) is 0 Å². The van der Waals surface area contributed by atoms with E-state index in [2.05, 4.69) is 15.9 Å². The lowest BCUT2D eigenvalue weighted by molar-refractivity contribution is -0.385. The maximum Gasteiger partial charge on any atom is 0.276 e. The van der Waals surface area contributed by atoms with Gasteiger partial charge in [-0.15, -0.1) is 0 Å². The average molecular weight is 371 g/mol. The number of nitrogens with zero attached hydrogens (tertiary/aromatic N) is 1. The minimum atomic E-state index is -0.504. The van der Waals surface area contributed by atoms with Gasteiger partial charge in [-0.2, -0.15) is 0 Å². The number of para-hydroxylation sites is 1. The third-order valence-electron chi connectivity index (χ3n) is 2.73. The number of benzene rings is 2. The van der Waals surface area contributed by atoms with Crippen LogP contribution in [0.1, 0.15) is 15.9 Å². The van der Waals surface area contributed by atoms with Gasteiger partial charge in [-0.3, -0.25) is 14.9 Å². The van der Waals surface area contributed by atoms with Gasteiger partial charge in [0.15, 0.2) is 6.29 Å². The molecule has 0 unspecified atom stereocenters. The number of halogens is 2. The number of hydrogen-bond acceptors (Lipinski definition) is 4. The van der Waals surface area contributed by atoms with E-state index in [-0.39, 0.29) is 12.3 Å². The normalized spacial score (nSPS) is 10.2. The largest absolute Gasteiger partial charge is 0.487 e. The van der Waals surface area contributed by atoms with E-state index in [4.69, 9.17) is 16.3 Å². The number of carbonyl (C=O) groups is 1. The molecule has 7 heteroatoms. The molecule has 0 heterocycles. The Morgan fingerprint density at radius 3 is 2.76 bits per heavy atom. The number of aldehydes is 1. The molecule has 0 aliphatic heterocycles. The molecule has 21 heavy (non-hydrogen) atoms. The third kappa shape index (κ3) is 3.59. The van der Waals surface area contributed by atoms with Crippen molar-refractivity contribution in [3.05, 3.63) is 67.1 Å². The van der Waals surface area contributed by atoms with Crippen LogP contribution in [0.2, 0.25) is 5.02 Å². The van der Waals surface area contributed by atoms with E-state index in [9.17, 15) is 14.9 Å². The maximum atomic E-state index is 11.0. The fourth-order valence-corrected chi connectivity index (χ4v) is 2.46. The summed E-state index contributed by atoms with van der Waals surface area (Å²) in [7, 11) is 0. The van der Waals surface area contributed by atoms with E-state index in [1.54, 1.807) is 18.2 Å². The monoisotopic (exact) mass is 369 g/mol. The second-order valence-electron chi connectivity index (χ2n) is 4.09. The molecule has 0 radical (unpaired) electrons. The van der Waals surface area contributed by atoms with Gasteiger partial charge in [0.1, 0.15) is 12.4 Å². The molecule has 0 atom stereocenters. The van der Waals surface area contributed by atoms with Crippen LogP contribution in [0, 0.1) is 10.1 Å². The molecule has 0 aliphatic rings. The van der Waals surface area contributed by atoms with E-state index in [0.717, 1.165) is 0 Å². The number of rotatable bonds is 5. The summed E-state index contributed by atoms with van der Waals surface area (Å²) in [6.45, 7) is -0.0691. The summed E-state index contributed by atoms with van der Waals surface area (Å²) in [5, 5.41) is 11.4. The lowest BCUT2D eigenvalue weighted by Gasteiger charge is -2.10. The molecule has 2 aromatic carbocycles. The minimum Gasteiger partial charge on any atom is -0.487 e. The molecule has 5 nitrogen and oxygen atoms in total. The highest BCUT2D eigenvalue weighted by molar-refractivity contribution is 9.10. The molecule has 0 aliphatic carbocycles. The molecule has 0 aromatic heterocycles. The van der Waals surface area contributed by atoms with Crippen molar-refractivity contribution in [2.75, 3.05) is 0 Å². The number of hydrogen-bond donors (Lipinski definition) is 0. The SMILES string of the molecule is O=Cc1cccc(Br)c1OCc1cc(Cl)ccc1[N+](=O)[O-]. The van der Waals surface area contributed by atoms with Crippen molar-refractivity contribution < 1.29 is 14.5 Å². The van der Waals surface area contributed by atoms with Gasteiger partial charge in [-0.05, 0) is 40.2 Å². The fraction of sp³-hybridized carbons (Fsp3) is 0.0714. The molecule has 0 N–H and O–H groups in total. The Balaban J connectivity index is 2.31. The first-order valence-corrected chi connectivity index (χ1v) is 6.99. The molecular formula is C14H9BrClNO4. The number of ether oxygens (including phenoxy) is 1. The van der Waals surface area contributed by atoms with Crippen LogP contribution in [-0.2, 0) is 6.61 Å². The van der Waals surface area contributed by atoms with Gasteiger partial charge in [0.05, 0.1) is 20.5 Å². The number of nitro benzene ring substituents is 1. The first kappa shape index (κ1) is 15.5. The van der Waals surface area contributed by atoms with Crippen molar-refractivity contribution in [2.45, 2.75) is 6.61 Å². The molecular weight excluding hydrogens is 362 g/mol. The average Bonchev–Trinajstić information content (AvgIpc) is 2.45. The van der Waals surface area contributed by atoms with Crippen molar-refractivity contribution in [3.8, 4) is 5.75 Å². The van der Waals surface area contributed by atoms with Crippen LogP contribution in [0.5, 0.6) is 5.75 Å². The van der Waals surface area contributed by atoms with Crippen molar-refractivity contribution in [3.63, 3.8) is 0 Å². The summed E-state index contributed by atoms with van der Waals surface area (Å²) in [4.78, 5) is 21.5. The topological polar surface area (TPSA) is 69.4 Å². The Kier molecular flexibility index (Phi) is 4.93. The van der Waals surface area contributed by atoms with Gasteiger partial charge in [0.25, 0.3) is 5.69 Å². The third-order valence-corrected chi connectivity index (χ3v) is 3.59. The van der Waals surface area contributed by atoms with Crippen LogP contribution in [0.15, 0.2) is 40.9 Å². The molecule has 108 valence electrons. The predicted octanol–water partition coefficient (Wildman–Crippen LogP) is 4.40. The first-order valence-electron chi connectivity index (χ1n) is 5.82. The van der Waals surface area contributed by atoms with Gasteiger partial charge < -0.3 is 4.74 Å². The van der Waals surface area contributed by atoms with Crippen LogP contribution in [-0.4, -0.2) is 11.2 Å². The molecule has 2 rings (SSSR count). The van der Waals surface area contributed by atoms with E-state index < -0.39 is 4.92 Å². The highest BCUT2D eigenvalue weighted by Gasteiger charge is 2.16. The molecule has 2 aromatic rings. The highest BCUT2D eigenvalue weighted by atomic mass is 79.9. The van der Waals surface area contributed by atoms with Gasteiger partial charge >= 0.3 is 0 Å². The molecule has 0 fully saturated rings. The summed E-state index contributed by atoms with van der Waals surface area (Å²) in [5.41, 5.74) is 0.605. The second kappa shape index (κ2) is 6.69. The Bertz CT molecular complexity index is 705. The Hall–Kier alpha value is -1.92. The van der Waals surface area contributed by atoms with E-state index in [0.29, 0.717) is 32.7 Å². The van der Waals surface area contributed by atoms with E-state index >= 15 is 0 Å². The van der Waals surface area contributed by atoms with E-state index in [1.807, 2.05) is 0 Å². The zero-order valence-corrected chi connectivity index (χ0v) is 12.9. The standard InChI is InChI=1S/C14H9BrClNO4/c15-12-3-1-2-9(7-18)14(12)21-8-10-6-11(16)4-5-13(10)17(19)20/h1-7H,8H2. The zero-order chi connectivity index (χ0) is 15.4. The second-order valence-corrected chi connectivity index (χ2v) is 5.39. The minimum absolute atomic E-state index is 0.0691. The van der Waals surface area contributed by atoms with Crippen LogP contribution < -0.4 is 4.74 Å². The summed E-state index contributed by atoms with van der Waals surface area (Å²) < 4.78 is 6.14. The van der Waals surface area contributed by atoms with E-state index in [1.165, 1.54) is 18.2 Å². The summed E-state index contributed by atoms with van der Waals surface area (Å²) in [5.74, 6) is 0.335. The van der Waals surface area contributed by atoms with Crippen LogP contribution >= 0.6 is 27.5 Å². The highest BCUT2D eigenvalue weighted by Crippen LogP contribution is 2.30. The van der Waals surface area contributed by atoms with Gasteiger partial charge in [0.2, 0.25) is 0 Å². The summed E-state index contributed by atoms with van der Waals surface area (Å²) >= 11 is 9.13. The maximum absolute atomic E-state index is 11.0. The predicted molar refractivity (Wildman–Crippen MR) is 82.0 cm³/mol. The summed E-state index contributed by atoms with van der Waals surface area (Å²) in [6.07, 6.45) is 0.659. The lowest BCUT2D eigenvalue weighted by Crippen LogP contribution is -2.02. The first-order chi connectivity index (χ1) is 10.0. The quantitative estimate of drug-likeness (QED) is 0.444. The fourth-order valence-electron chi connectivity index (χ4n) is 1.77. The van der Waals surface area contributed by atoms with Gasteiger partial charge in [-0.1, -0.05) is 17.7 Å². The van der Waals surface area contributed by atoms with Crippen LogP contribution in [0.4, 0.5) is 5.69 Å². The van der Waals surface area contributed by atoms with Crippen molar-refractivity contribution >= 4 is 39.5 Å². The Morgan fingerprint density at radius 2 is 2.10 bits per heavy atom. The smallest absolute Gasteiger partial charge is 0.276 e. The van der Waals surface area contributed by atoms with Gasteiger partial charge in [-0.25, -0.2) is 0 Å². The molecule has 0 amide bonds. The van der Waals surface area contributed by atoms with Crippen LogP contribution in [0.25, 0.3) is 0 Å². The van der Waals surface area contributed by atoms with Crippen molar-refractivity contribution in [1.29, 1.82) is 0 Å². The number of carbonyl (C=O) groups excluding carboxylic acids is 1.